The molecule has 0 saturated heterocycles. The minimum Gasteiger partial charge on any atom is -0.348 e. The highest BCUT2D eigenvalue weighted by atomic mass is 32.2. The molecule has 2 aromatic heterocycles. The van der Waals surface area contributed by atoms with E-state index in [2.05, 4.69) is 25.7 Å². The van der Waals surface area contributed by atoms with Gasteiger partial charge in [-0.3, -0.25) is 14.3 Å². The van der Waals surface area contributed by atoms with E-state index in [1.54, 1.807) is 24.5 Å². The van der Waals surface area contributed by atoms with Crippen LogP contribution in [0.3, 0.4) is 0 Å². The van der Waals surface area contributed by atoms with Crippen LogP contribution in [0.15, 0.2) is 47.8 Å². The van der Waals surface area contributed by atoms with Gasteiger partial charge in [0.25, 0.3) is 11.8 Å². The third-order valence-electron chi connectivity index (χ3n) is 8.60. The molecule has 2 amide bonds. The molecule has 1 fully saturated rings. The highest BCUT2D eigenvalue weighted by molar-refractivity contribution is 7.98. The summed E-state index contributed by atoms with van der Waals surface area (Å²) in [5.74, 6) is -8.97. The van der Waals surface area contributed by atoms with Gasteiger partial charge in [0.1, 0.15) is 23.9 Å². The molecule has 244 valence electrons. The van der Waals surface area contributed by atoms with Gasteiger partial charge in [-0.2, -0.15) is 27.1 Å². The molecule has 16 heteroatoms. The van der Waals surface area contributed by atoms with Crippen LogP contribution >= 0.6 is 11.8 Å². The van der Waals surface area contributed by atoms with Crippen LogP contribution in [0.1, 0.15) is 62.5 Å². The van der Waals surface area contributed by atoms with E-state index in [1.165, 1.54) is 6.20 Å². The number of hydrogen-bond acceptors (Lipinski definition) is 6. The van der Waals surface area contributed by atoms with Crippen molar-refractivity contribution in [3.63, 3.8) is 0 Å². The minimum atomic E-state index is -5.01. The van der Waals surface area contributed by atoms with Crippen LogP contribution in [-0.2, 0) is 36.4 Å². The number of fused-ring (bicyclic) bond motifs is 4. The predicted octanol–water partition coefficient (Wildman–Crippen LogP) is 5.91. The highest BCUT2D eigenvalue weighted by Crippen LogP contribution is 2.68. The maximum atomic E-state index is 15.1. The van der Waals surface area contributed by atoms with Gasteiger partial charge in [0.05, 0.1) is 11.7 Å². The number of alkyl halides is 5. The second kappa shape index (κ2) is 11.1. The molecule has 47 heavy (non-hydrogen) atoms. The van der Waals surface area contributed by atoms with Gasteiger partial charge in [0, 0.05) is 41.4 Å². The number of benzene rings is 2. The van der Waals surface area contributed by atoms with E-state index < -0.39 is 71.0 Å². The fraction of sp³-hybridized carbons (Fsp3) is 0.323. The standard InChI is InChI=1S/C31H23F7N6O2S/c1-47-29-40-11-20(14-2-3-15-10-39-28(46)18(15)7-14)25(42-29)22(6-13-4-16(32)8-17(33)5-13)41-23(45)12-44-27-24(26(43-44)31(36,37)38)19-9-21(19)30(27,34)35/h2-5,7-8,11,19,21-22H,6,9-10,12H2,1H3,(H,39,46)(H,41,45)/t19-,21+,22-/m0/s1. The average molecular weight is 677 g/mol. The van der Waals surface area contributed by atoms with Crippen LogP contribution in [0.5, 0.6) is 0 Å². The van der Waals surface area contributed by atoms with Gasteiger partial charge < -0.3 is 10.6 Å². The van der Waals surface area contributed by atoms with Crippen molar-refractivity contribution in [1.29, 1.82) is 0 Å². The minimum absolute atomic E-state index is 0.0994. The van der Waals surface area contributed by atoms with Crippen LogP contribution in [-0.4, -0.2) is 37.8 Å². The molecule has 0 spiro atoms. The number of aromatic nitrogens is 4. The predicted molar refractivity (Wildman–Crippen MR) is 153 cm³/mol. The normalized spacial score (nSPS) is 19.5. The van der Waals surface area contributed by atoms with Crippen molar-refractivity contribution in [3.8, 4) is 11.1 Å². The average Bonchev–Trinajstić information content (AvgIpc) is 3.51. The van der Waals surface area contributed by atoms with Crippen molar-refractivity contribution in [2.45, 2.75) is 55.1 Å². The zero-order valence-corrected chi connectivity index (χ0v) is 25.1. The molecule has 1 saturated carbocycles. The van der Waals surface area contributed by atoms with Crippen molar-refractivity contribution >= 4 is 23.6 Å². The number of rotatable bonds is 8. The first-order chi connectivity index (χ1) is 22.2. The first-order valence-electron chi connectivity index (χ1n) is 14.4. The molecule has 0 radical (unpaired) electrons. The van der Waals surface area contributed by atoms with Crippen LogP contribution < -0.4 is 10.6 Å². The molecule has 0 unspecified atom stereocenters. The zero-order chi connectivity index (χ0) is 33.4. The summed E-state index contributed by atoms with van der Waals surface area (Å²) >= 11 is 1.16. The van der Waals surface area contributed by atoms with E-state index in [1.807, 2.05) is 0 Å². The smallest absolute Gasteiger partial charge is 0.348 e. The molecule has 2 aromatic carbocycles. The molecule has 8 nitrogen and oxygen atoms in total. The number of carbonyl (C=O) groups excluding carboxylic acids is 2. The number of nitrogens with one attached hydrogen (secondary N) is 2. The second-order valence-electron chi connectivity index (χ2n) is 11.7. The third-order valence-corrected chi connectivity index (χ3v) is 9.17. The monoisotopic (exact) mass is 676 g/mol. The maximum Gasteiger partial charge on any atom is 0.435 e. The summed E-state index contributed by atoms with van der Waals surface area (Å²) in [4.78, 5) is 34.8. The van der Waals surface area contributed by atoms with E-state index in [0.29, 0.717) is 34.0 Å². The summed E-state index contributed by atoms with van der Waals surface area (Å²) in [5.41, 5.74) is -0.727. The molecular formula is C31H23F7N6O2S. The Balaban J connectivity index is 1.29. The molecule has 3 aliphatic rings. The van der Waals surface area contributed by atoms with Crippen LogP contribution in [0, 0.1) is 17.6 Å². The molecule has 3 heterocycles. The maximum absolute atomic E-state index is 15.1. The van der Waals surface area contributed by atoms with Gasteiger partial charge in [-0.15, -0.1) is 0 Å². The van der Waals surface area contributed by atoms with Gasteiger partial charge in [0.2, 0.25) is 5.91 Å². The molecule has 4 aromatic rings. The SMILES string of the molecule is CSc1ncc(-c2ccc3c(c2)C(=O)NC3)c([C@H](Cc2cc(F)cc(F)c2)NC(=O)Cn2nc(C(F)(F)F)c3c2C(F)(F)[C@@H]2C[C@H]32)n1. The van der Waals surface area contributed by atoms with Crippen LogP contribution in [0.4, 0.5) is 30.7 Å². The zero-order valence-electron chi connectivity index (χ0n) is 24.3. The Kier molecular flexibility index (Phi) is 7.33. The lowest BCUT2D eigenvalue weighted by Crippen LogP contribution is -2.35. The van der Waals surface area contributed by atoms with Gasteiger partial charge in [-0.05, 0) is 59.9 Å². The fourth-order valence-corrected chi connectivity index (χ4v) is 6.84. The van der Waals surface area contributed by atoms with Crippen molar-refractivity contribution in [3.05, 3.63) is 93.6 Å². The van der Waals surface area contributed by atoms with E-state index in [0.717, 1.165) is 29.5 Å². The molecule has 2 N–H and O–H groups in total. The first kappa shape index (κ1) is 31.1. The largest absolute Gasteiger partial charge is 0.435 e. The Bertz CT molecular complexity index is 1940. The number of halogens is 7. The fourth-order valence-electron chi connectivity index (χ4n) is 6.49. The highest BCUT2D eigenvalue weighted by Gasteiger charge is 2.68. The Hall–Kier alpha value is -4.47. The number of hydrogen-bond donors (Lipinski definition) is 2. The van der Waals surface area contributed by atoms with E-state index in [9.17, 15) is 31.5 Å². The van der Waals surface area contributed by atoms with Crippen molar-refractivity contribution in [1.82, 2.24) is 30.4 Å². The summed E-state index contributed by atoms with van der Waals surface area (Å²) in [6, 6.07) is 6.61. The van der Waals surface area contributed by atoms with E-state index in [-0.39, 0.29) is 35.2 Å². The van der Waals surface area contributed by atoms with Crippen molar-refractivity contribution in [2.24, 2.45) is 5.92 Å². The first-order valence-corrected chi connectivity index (χ1v) is 15.6. The number of carbonyl (C=O) groups is 2. The number of thioether (sulfide) groups is 1. The van der Waals surface area contributed by atoms with Gasteiger partial charge >= 0.3 is 6.18 Å². The molecular weight excluding hydrogens is 653 g/mol. The molecule has 7 rings (SSSR count). The Labute approximate surface area is 266 Å². The van der Waals surface area contributed by atoms with Crippen LogP contribution in [0.2, 0.25) is 0 Å². The lowest BCUT2D eigenvalue weighted by molar-refractivity contribution is -0.142. The van der Waals surface area contributed by atoms with Crippen molar-refractivity contribution < 1.29 is 40.3 Å². The van der Waals surface area contributed by atoms with E-state index in [4.69, 9.17) is 0 Å². The molecule has 1 aliphatic heterocycles. The quantitative estimate of drug-likeness (QED) is 0.137. The number of nitrogens with zero attached hydrogens (tertiary/aromatic N) is 4. The van der Waals surface area contributed by atoms with Gasteiger partial charge in [-0.25, -0.2) is 18.7 Å². The molecule has 2 aliphatic carbocycles. The summed E-state index contributed by atoms with van der Waals surface area (Å²) < 4.78 is 101. The van der Waals surface area contributed by atoms with Gasteiger partial charge in [0.15, 0.2) is 10.9 Å². The lowest BCUT2D eigenvalue weighted by atomic mass is 9.94. The lowest BCUT2D eigenvalue weighted by Gasteiger charge is -2.23. The summed E-state index contributed by atoms with van der Waals surface area (Å²) in [5, 5.41) is 9.03. The second-order valence-corrected chi connectivity index (χ2v) is 12.4. The van der Waals surface area contributed by atoms with Crippen LogP contribution in [0.25, 0.3) is 11.1 Å². The summed E-state index contributed by atoms with van der Waals surface area (Å²) in [6.45, 7) is -0.656. The third kappa shape index (κ3) is 5.51. The Morgan fingerprint density at radius 3 is 2.60 bits per heavy atom. The van der Waals surface area contributed by atoms with Crippen molar-refractivity contribution in [2.75, 3.05) is 6.26 Å². The Morgan fingerprint density at radius 2 is 1.89 bits per heavy atom. The van der Waals surface area contributed by atoms with Gasteiger partial charge in [-0.1, -0.05) is 23.9 Å². The van der Waals surface area contributed by atoms with E-state index >= 15 is 8.78 Å². The molecule has 3 atom stereocenters. The summed E-state index contributed by atoms with van der Waals surface area (Å²) in [6.07, 6.45) is -2.23. The molecule has 0 bridgehead atoms. The topological polar surface area (TPSA) is 102 Å². The Morgan fingerprint density at radius 1 is 1.15 bits per heavy atom. The summed E-state index contributed by atoms with van der Waals surface area (Å²) in [7, 11) is 0. The number of amides is 2.